The smallest absolute Gasteiger partial charge is 0.418 e. The maximum atomic E-state index is 13.8. The zero-order valence-electron chi connectivity index (χ0n) is 30.9. The summed E-state index contributed by atoms with van der Waals surface area (Å²) in [5, 5.41) is 16.9. The third-order valence-electron chi connectivity index (χ3n) is 11.0. The third-order valence-corrected chi connectivity index (χ3v) is 11.0. The number of hydrogen-bond acceptors (Lipinski definition) is 7. The second-order valence-electron chi connectivity index (χ2n) is 15.0. The van der Waals surface area contributed by atoms with Crippen LogP contribution < -0.4 is 10.6 Å². The minimum Gasteiger partial charge on any atom is -0.427 e. The Morgan fingerprint density at radius 1 is 0.981 bits per heavy atom. The zero-order valence-corrected chi connectivity index (χ0v) is 30.9. The first kappa shape index (κ1) is 41.1. The number of β-amino-alcohol motifs (C(OH)–C–C–N with tert-alkyl or cyclic N) is 1. The number of aryl methyl sites for hydroxylation is 1. The van der Waals surface area contributed by atoms with Crippen molar-refractivity contribution in [3.63, 3.8) is 0 Å². The molecule has 2 aromatic carbocycles. The van der Waals surface area contributed by atoms with Crippen molar-refractivity contribution >= 4 is 29.5 Å². The Morgan fingerprint density at radius 2 is 1.65 bits per heavy atom. The summed E-state index contributed by atoms with van der Waals surface area (Å²) in [7, 11) is 0. The van der Waals surface area contributed by atoms with E-state index >= 15 is 0 Å². The minimum atomic E-state index is -4.74. The Balaban J connectivity index is 1.04. The normalized spacial score (nSPS) is 19.5. The van der Waals surface area contributed by atoms with E-state index in [1.165, 1.54) is 31.4 Å². The number of aliphatic hydroxyl groups excluding tert-OH is 1. The van der Waals surface area contributed by atoms with Crippen LogP contribution in [0.15, 0.2) is 42.5 Å². The summed E-state index contributed by atoms with van der Waals surface area (Å²) in [5.74, 6) is -0.722. The first-order chi connectivity index (χ1) is 25.8. The standard InChI is InChI=1S/C40H52F4N4O6/c1-27(40(42,43)44)47(25-29-14-16-31(41)17-15-29)36(51)26-48-37(52)39(54-38(48)53)21-20-30-24-32(18-19-33(30)39)46-34(49)13-8-6-4-2-3-5-7-9-22-45-35(50)23-28-11-10-12-28/h14-19,24,27-28,36,51H,2-13,20-23,25-26H2,1H3,(H,45,50)(H,46,49)/t27-,36?,39+/m0/s1. The van der Waals surface area contributed by atoms with Crippen LogP contribution in [0.2, 0.25) is 0 Å². The highest BCUT2D eigenvalue weighted by Gasteiger charge is 2.58. The Morgan fingerprint density at radius 3 is 2.30 bits per heavy atom. The van der Waals surface area contributed by atoms with Crippen LogP contribution in [-0.4, -0.2) is 70.3 Å². The van der Waals surface area contributed by atoms with Gasteiger partial charge >= 0.3 is 12.3 Å². The molecule has 0 bridgehead atoms. The highest BCUT2D eigenvalue weighted by molar-refractivity contribution is 6.04. The number of unbranched alkanes of at least 4 members (excludes halogenated alkanes) is 7. The van der Waals surface area contributed by atoms with Crippen LogP contribution >= 0.6 is 0 Å². The molecule has 3 N–H and O–H groups in total. The van der Waals surface area contributed by atoms with Gasteiger partial charge in [-0.05, 0) is 80.3 Å². The Labute approximate surface area is 314 Å². The van der Waals surface area contributed by atoms with Gasteiger partial charge in [-0.15, -0.1) is 0 Å². The van der Waals surface area contributed by atoms with Crippen molar-refractivity contribution in [2.24, 2.45) is 5.92 Å². The number of benzene rings is 2. The molecule has 5 rings (SSSR count). The van der Waals surface area contributed by atoms with Gasteiger partial charge in [0.15, 0.2) is 0 Å². The van der Waals surface area contributed by atoms with Gasteiger partial charge in [-0.25, -0.2) is 14.1 Å². The summed E-state index contributed by atoms with van der Waals surface area (Å²) in [4.78, 5) is 52.6. The molecule has 14 heteroatoms. The second-order valence-corrected chi connectivity index (χ2v) is 15.0. The quantitative estimate of drug-likeness (QED) is 0.0726. The first-order valence-electron chi connectivity index (χ1n) is 19.3. The lowest BCUT2D eigenvalue weighted by Gasteiger charge is -2.35. The number of alkyl halides is 3. The fourth-order valence-electron chi connectivity index (χ4n) is 7.46. The number of nitrogens with one attached hydrogen (secondary N) is 2. The molecule has 54 heavy (non-hydrogen) atoms. The van der Waals surface area contributed by atoms with Crippen molar-refractivity contribution in [2.75, 3.05) is 18.4 Å². The molecule has 4 amide bonds. The third kappa shape index (κ3) is 10.6. The van der Waals surface area contributed by atoms with Gasteiger partial charge in [-0.3, -0.25) is 19.3 Å². The maximum Gasteiger partial charge on any atom is 0.418 e. The molecule has 1 saturated carbocycles. The van der Waals surface area contributed by atoms with Gasteiger partial charge in [0.25, 0.3) is 5.91 Å². The zero-order chi connectivity index (χ0) is 38.9. The van der Waals surface area contributed by atoms with E-state index in [2.05, 4.69) is 10.6 Å². The number of rotatable bonds is 20. The fourth-order valence-corrected chi connectivity index (χ4v) is 7.46. The predicted molar refractivity (Wildman–Crippen MR) is 193 cm³/mol. The summed E-state index contributed by atoms with van der Waals surface area (Å²) >= 11 is 0. The van der Waals surface area contributed by atoms with E-state index < -0.39 is 55.0 Å². The number of nitrogens with zero attached hydrogens (tertiary/aromatic N) is 2. The lowest BCUT2D eigenvalue weighted by Crippen LogP contribution is -2.53. The summed E-state index contributed by atoms with van der Waals surface area (Å²) in [5.41, 5.74) is 0.266. The van der Waals surface area contributed by atoms with Crippen molar-refractivity contribution in [3.05, 3.63) is 65.0 Å². The lowest BCUT2D eigenvalue weighted by atomic mass is 9.83. The number of aliphatic hydroxyl groups is 1. The minimum absolute atomic E-state index is 0.103. The monoisotopic (exact) mass is 760 g/mol. The average Bonchev–Trinajstić information content (AvgIpc) is 3.58. The van der Waals surface area contributed by atoms with Crippen LogP contribution in [0, 0.1) is 11.7 Å². The Kier molecular flexibility index (Phi) is 14.1. The molecule has 1 heterocycles. The van der Waals surface area contributed by atoms with E-state index in [9.17, 15) is 41.8 Å². The number of anilines is 1. The van der Waals surface area contributed by atoms with Crippen molar-refractivity contribution < 1.29 is 46.6 Å². The van der Waals surface area contributed by atoms with Crippen molar-refractivity contribution in [2.45, 2.75) is 134 Å². The molecule has 2 fully saturated rings. The van der Waals surface area contributed by atoms with Gasteiger partial charge in [0.1, 0.15) is 18.1 Å². The van der Waals surface area contributed by atoms with Gasteiger partial charge in [0.05, 0.1) is 6.54 Å². The Hall–Kier alpha value is -4.04. The lowest BCUT2D eigenvalue weighted by molar-refractivity contribution is -0.204. The molecule has 296 valence electrons. The number of carbonyl (C=O) groups is 4. The molecule has 0 radical (unpaired) electrons. The fraction of sp³-hybridized carbons (Fsp3) is 0.600. The molecule has 2 aliphatic carbocycles. The summed E-state index contributed by atoms with van der Waals surface area (Å²) < 4.78 is 60.4. The maximum absolute atomic E-state index is 13.8. The Bertz CT molecular complexity index is 1620. The van der Waals surface area contributed by atoms with Gasteiger partial charge in [-0.2, -0.15) is 13.2 Å². The van der Waals surface area contributed by atoms with Crippen LogP contribution in [-0.2, 0) is 37.7 Å². The molecule has 3 atom stereocenters. The molecular weight excluding hydrogens is 708 g/mol. The number of fused-ring (bicyclic) bond motifs is 2. The number of halogens is 4. The van der Waals surface area contributed by atoms with Crippen molar-refractivity contribution in [3.8, 4) is 0 Å². The van der Waals surface area contributed by atoms with Crippen LogP contribution in [0.5, 0.6) is 0 Å². The molecule has 1 saturated heterocycles. The number of amides is 4. The van der Waals surface area contributed by atoms with Crippen molar-refractivity contribution in [1.82, 2.24) is 15.1 Å². The number of carbonyl (C=O) groups excluding carboxylic acids is 4. The molecule has 1 unspecified atom stereocenters. The van der Waals surface area contributed by atoms with E-state index in [-0.39, 0.29) is 18.2 Å². The molecular formula is C40H52F4N4O6. The van der Waals surface area contributed by atoms with E-state index in [4.69, 9.17) is 4.74 Å². The summed E-state index contributed by atoms with van der Waals surface area (Å²) in [6.07, 6.45) is 5.55. The van der Waals surface area contributed by atoms with E-state index in [1.807, 2.05) is 0 Å². The summed E-state index contributed by atoms with van der Waals surface area (Å²) in [6, 6.07) is 7.57. The number of ether oxygens (including phenoxy) is 1. The highest BCUT2D eigenvalue weighted by Crippen LogP contribution is 2.46. The number of hydrogen-bond donors (Lipinski definition) is 3. The highest BCUT2D eigenvalue weighted by atomic mass is 19.4. The van der Waals surface area contributed by atoms with Crippen LogP contribution in [0.4, 0.5) is 28.0 Å². The molecule has 10 nitrogen and oxygen atoms in total. The largest absolute Gasteiger partial charge is 0.427 e. The second kappa shape index (κ2) is 18.5. The van der Waals surface area contributed by atoms with E-state index in [0.717, 1.165) is 77.0 Å². The van der Waals surface area contributed by atoms with Gasteiger partial charge < -0.3 is 20.5 Å². The van der Waals surface area contributed by atoms with Crippen LogP contribution in [0.25, 0.3) is 0 Å². The topological polar surface area (TPSA) is 128 Å². The first-order valence-corrected chi connectivity index (χ1v) is 19.3. The van der Waals surface area contributed by atoms with Crippen LogP contribution in [0.3, 0.4) is 0 Å². The van der Waals surface area contributed by atoms with Crippen molar-refractivity contribution in [1.29, 1.82) is 0 Å². The molecule has 0 aromatic heterocycles. The van der Waals surface area contributed by atoms with E-state index in [1.54, 1.807) is 18.2 Å². The molecule has 2 aromatic rings. The molecule has 1 aliphatic heterocycles. The van der Waals surface area contributed by atoms with Gasteiger partial charge in [0.2, 0.25) is 17.4 Å². The number of imide groups is 1. The predicted octanol–water partition coefficient (Wildman–Crippen LogP) is 7.47. The van der Waals surface area contributed by atoms with Gasteiger partial charge in [-0.1, -0.05) is 63.1 Å². The summed E-state index contributed by atoms with van der Waals surface area (Å²) in [6.45, 7) is 0.407. The SMILES string of the molecule is C[C@H](N(Cc1ccc(F)cc1)C(O)CN1C(=O)O[C@@]2(CCc3cc(NC(=O)CCCCCCCCCCNC(=O)CC4CCC4)ccc32)C1=O)C(F)(F)F. The van der Waals surface area contributed by atoms with Gasteiger partial charge in [0, 0.05) is 43.6 Å². The van der Waals surface area contributed by atoms with Crippen LogP contribution in [0.1, 0.15) is 114 Å². The molecule has 3 aliphatic rings. The average molecular weight is 761 g/mol. The molecule has 1 spiro atoms. The van der Waals surface area contributed by atoms with E-state index in [0.29, 0.717) is 57.4 Å².